The summed E-state index contributed by atoms with van der Waals surface area (Å²) in [6.45, 7) is 2.43. The Kier molecular flexibility index (Phi) is 1.72. The first kappa shape index (κ1) is 7.86. The molecular formula is C8H14N2O2. The van der Waals surface area contributed by atoms with Crippen molar-refractivity contribution in [2.75, 3.05) is 19.6 Å². The Hall–Kier alpha value is -0.770. The first-order chi connectivity index (χ1) is 5.72. The predicted molar refractivity (Wildman–Crippen MR) is 44.2 cm³/mol. The lowest BCUT2D eigenvalue weighted by Gasteiger charge is -2.22. The second-order valence-electron chi connectivity index (χ2n) is 3.76. The van der Waals surface area contributed by atoms with Gasteiger partial charge in [0, 0.05) is 18.6 Å². The number of carboxylic acid groups (broad SMARTS) is 1. The van der Waals surface area contributed by atoms with E-state index in [0.29, 0.717) is 13.1 Å². The Morgan fingerprint density at radius 3 is 2.83 bits per heavy atom. The van der Waals surface area contributed by atoms with Crippen molar-refractivity contribution >= 4 is 6.09 Å². The van der Waals surface area contributed by atoms with Gasteiger partial charge in [-0.25, -0.2) is 4.79 Å². The zero-order chi connectivity index (χ0) is 8.60. The fourth-order valence-electron chi connectivity index (χ4n) is 2.25. The van der Waals surface area contributed by atoms with Crippen LogP contribution in [0.3, 0.4) is 0 Å². The average Bonchev–Trinajstić information content (AvgIpc) is 2.62. The molecule has 1 amide bonds. The Morgan fingerprint density at radius 1 is 1.50 bits per heavy atom. The van der Waals surface area contributed by atoms with Gasteiger partial charge in [0.25, 0.3) is 0 Å². The summed E-state index contributed by atoms with van der Waals surface area (Å²) in [6, 6.07) is 0. The quantitative estimate of drug-likeness (QED) is 0.556. The molecule has 2 fully saturated rings. The Bertz CT molecular complexity index is 199. The zero-order valence-electron chi connectivity index (χ0n) is 7.05. The van der Waals surface area contributed by atoms with Gasteiger partial charge in [-0.1, -0.05) is 0 Å². The molecule has 0 aliphatic carbocycles. The molecule has 4 nitrogen and oxygen atoms in total. The van der Waals surface area contributed by atoms with Gasteiger partial charge in [0.2, 0.25) is 0 Å². The van der Waals surface area contributed by atoms with Crippen LogP contribution in [0.25, 0.3) is 0 Å². The fraction of sp³-hybridized carbons (Fsp3) is 0.875. The van der Waals surface area contributed by atoms with Crippen molar-refractivity contribution in [1.82, 2.24) is 10.2 Å². The summed E-state index contributed by atoms with van der Waals surface area (Å²) in [5, 5.41) is 12.2. The number of hydrogen-bond acceptors (Lipinski definition) is 2. The highest BCUT2D eigenvalue weighted by molar-refractivity contribution is 5.65. The van der Waals surface area contributed by atoms with Crippen LogP contribution < -0.4 is 5.32 Å². The van der Waals surface area contributed by atoms with Crippen LogP contribution in [0.2, 0.25) is 0 Å². The van der Waals surface area contributed by atoms with Crippen LogP contribution in [0.15, 0.2) is 0 Å². The zero-order valence-corrected chi connectivity index (χ0v) is 7.05. The SMILES string of the molecule is O=C(O)N1CCC2(CCCN2)C1. The maximum absolute atomic E-state index is 10.6. The average molecular weight is 170 g/mol. The van der Waals surface area contributed by atoms with Crippen LogP contribution in [0.4, 0.5) is 4.79 Å². The predicted octanol–water partition coefficient (Wildman–Crippen LogP) is 0.492. The Morgan fingerprint density at radius 2 is 2.33 bits per heavy atom. The normalized spacial score (nSPS) is 34.8. The van der Waals surface area contributed by atoms with Crippen molar-refractivity contribution in [3.63, 3.8) is 0 Å². The molecule has 0 saturated carbocycles. The summed E-state index contributed by atoms with van der Waals surface area (Å²) in [7, 11) is 0. The van der Waals surface area contributed by atoms with Crippen LogP contribution in [0.1, 0.15) is 19.3 Å². The molecule has 1 spiro atoms. The third kappa shape index (κ3) is 1.16. The number of nitrogens with zero attached hydrogens (tertiary/aromatic N) is 1. The summed E-state index contributed by atoms with van der Waals surface area (Å²) in [5.41, 5.74) is 0.137. The number of hydrogen-bond donors (Lipinski definition) is 2. The highest BCUT2D eigenvalue weighted by Gasteiger charge is 2.41. The van der Waals surface area contributed by atoms with E-state index in [9.17, 15) is 4.79 Å². The first-order valence-corrected chi connectivity index (χ1v) is 4.45. The molecule has 1 unspecified atom stereocenters. The third-order valence-electron chi connectivity index (χ3n) is 2.96. The second-order valence-corrected chi connectivity index (χ2v) is 3.76. The molecule has 1 atom stereocenters. The summed E-state index contributed by atoms with van der Waals surface area (Å²) >= 11 is 0. The number of rotatable bonds is 0. The van der Waals surface area contributed by atoms with Gasteiger partial charge in [-0.15, -0.1) is 0 Å². The van der Waals surface area contributed by atoms with Crippen molar-refractivity contribution < 1.29 is 9.90 Å². The van der Waals surface area contributed by atoms with Crippen molar-refractivity contribution in [1.29, 1.82) is 0 Å². The molecular weight excluding hydrogens is 156 g/mol. The molecule has 0 bridgehead atoms. The summed E-state index contributed by atoms with van der Waals surface area (Å²) in [4.78, 5) is 12.2. The van der Waals surface area contributed by atoms with Crippen LogP contribution >= 0.6 is 0 Å². The van der Waals surface area contributed by atoms with Gasteiger partial charge >= 0.3 is 6.09 Å². The molecule has 0 radical (unpaired) electrons. The summed E-state index contributed by atoms with van der Waals surface area (Å²) in [5.74, 6) is 0. The van der Waals surface area contributed by atoms with E-state index >= 15 is 0 Å². The Balaban J connectivity index is 2.01. The molecule has 12 heavy (non-hydrogen) atoms. The number of amides is 1. The maximum atomic E-state index is 10.6. The molecule has 2 rings (SSSR count). The molecule has 0 aromatic carbocycles. The molecule has 2 N–H and O–H groups in total. The standard InChI is InChI=1S/C8H14N2O2/c11-7(12)10-5-3-8(6-10)2-1-4-9-8/h9H,1-6H2,(H,11,12). The van der Waals surface area contributed by atoms with E-state index in [1.165, 1.54) is 11.3 Å². The van der Waals surface area contributed by atoms with Gasteiger partial charge in [0.1, 0.15) is 0 Å². The van der Waals surface area contributed by atoms with E-state index in [1.54, 1.807) is 0 Å². The second kappa shape index (κ2) is 2.62. The highest BCUT2D eigenvalue weighted by Crippen LogP contribution is 2.29. The minimum atomic E-state index is -0.777. The minimum absolute atomic E-state index is 0.137. The van der Waals surface area contributed by atoms with Crippen LogP contribution in [0, 0.1) is 0 Å². The van der Waals surface area contributed by atoms with E-state index in [4.69, 9.17) is 5.11 Å². The van der Waals surface area contributed by atoms with Gasteiger partial charge in [-0.3, -0.25) is 0 Å². The highest BCUT2D eigenvalue weighted by atomic mass is 16.4. The number of likely N-dealkylation sites (tertiary alicyclic amines) is 1. The molecule has 0 aromatic rings. The lowest BCUT2D eigenvalue weighted by atomic mass is 9.97. The first-order valence-electron chi connectivity index (χ1n) is 4.45. The Labute approximate surface area is 71.5 Å². The fourth-order valence-corrected chi connectivity index (χ4v) is 2.25. The van der Waals surface area contributed by atoms with Gasteiger partial charge in [0.05, 0.1) is 0 Å². The molecule has 2 heterocycles. The van der Waals surface area contributed by atoms with Crippen LogP contribution in [-0.4, -0.2) is 41.3 Å². The molecule has 4 heteroatoms. The van der Waals surface area contributed by atoms with Crippen molar-refractivity contribution in [2.45, 2.75) is 24.8 Å². The van der Waals surface area contributed by atoms with Crippen molar-refractivity contribution in [3.8, 4) is 0 Å². The molecule has 2 aliphatic rings. The van der Waals surface area contributed by atoms with Crippen molar-refractivity contribution in [2.24, 2.45) is 0 Å². The van der Waals surface area contributed by atoms with Gasteiger partial charge < -0.3 is 15.3 Å². The molecule has 0 aromatic heterocycles. The minimum Gasteiger partial charge on any atom is -0.465 e. The third-order valence-corrected chi connectivity index (χ3v) is 2.96. The van der Waals surface area contributed by atoms with Gasteiger partial charge in [0.15, 0.2) is 0 Å². The van der Waals surface area contributed by atoms with Gasteiger partial charge in [-0.05, 0) is 25.8 Å². The maximum Gasteiger partial charge on any atom is 0.407 e. The monoisotopic (exact) mass is 170 g/mol. The molecule has 68 valence electrons. The largest absolute Gasteiger partial charge is 0.465 e. The summed E-state index contributed by atoms with van der Waals surface area (Å²) < 4.78 is 0. The lowest BCUT2D eigenvalue weighted by Crippen LogP contribution is -2.43. The van der Waals surface area contributed by atoms with Gasteiger partial charge in [-0.2, -0.15) is 0 Å². The number of nitrogens with one attached hydrogen (secondary N) is 1. The van der Waals surface area contributed by atoms with Crippen LogP contribution in [-0.2, 0) is 0 Å². The topological polar surface area (TPSA) is 52.6 Å². The molecule has 2 saturated heterocycles. The van der Waals surface area contributed by atoms with Crippen molar-refractivity contribution in [3.05, 3.63) is 0 Å². The van der Waals surface area contributed by atoms with E-state index < -0.39 is 6.09 Å². The smallest absolute Gasteiger partial charge is 0.407 e. The van der Waals surface area contributed by atoms with E-state index in [1.807, 2.05) is 0 Å². The van der Waals surface area contributed by atoms with E-state index in [-0.39, 0.29) is 5.54 Å². The molecule has 2 aliphatic heterocycles. The van der Waals surface area contributed by atoms with E-state index in [2.05, 4.69) is 5.32 Å². The lowest BCUT2D eigenvalue weighted by molar-refractivity contribution is 0.152. The van der Waals surface area contributed by atoms with E-state index in [0.717, 1.165) is 19.4 Å². The van der Waals surface area contributed by atoms with Crippen LogP contribution in [0.5, 0.6) is 0 Å². The summed E-state index contributed by atoms with van der Waals surface area (Å²) in [6.07, 6.45) is 2.53. The number of carbonyl (C=O) groups is 1.